The number of benzene rings is 1. The number of aromatic nitrogens is 3. The van der Waals surface area contributed by atoms with Gasteiger partial charge in [-0.25, -0.2) is 19.1 Å². The van der Waals surface area contributed by atoms with Gasteiger partial charge in [-0.05, 0) is 68.0 Å². The Bertz CT molecular complexity index is 1110. The van der Waals surface area contributed by atoms with Gasteiger partial charge in [-0.3, -0.25) is 4.98 Å². The highest BCUT2D eigenvalue weighted by Gasteiger charge is 2.21. The van der Waals surface area contributed by atoms with Gasteiger partial charge in [0.2, 0.25) is 5.95 Å². The Balaban J connectivity index is 1.29. The molecule has 8 heteroatoms. The molecule has 3 aromatic rings. The van der Waals surface area contributed by atoms with Crippen LogP contribution in [0.25, 0.3) is 11.3 Å². The summed E-state index contributed by atoms with van der Waals surface area (Å²) in [7, 11) is 0. The number of hydroxylamine groups is 1. The van der Waals surface area contributed by atoms with Gasteiger partial charge in [0, 0.05) is 36.6 Å². The third-order valence-corrected chi connectivity index (χ3v) is 6.09. The number of piperidine rings is 1. The van der Waals surface area contributed by atoms with Crippen LogP contribution in [0.15, 0.2) is 48.9 Å². The molecule has 0 unspecified atom stereocenters. The molecule has 0 aliphatic carbocycles. The summed E-state index contributed by atoms with van der Waals surface area (Å²) in [6.45, 7) is 6.59. The van der Waals surface area contributed by atoms with E-state index in [1.165, 1.54) is 12.3 Å². The van der Waals surface area contributed by atoms with Crippen LogP contribution in [0.1, 0.15) is 37.8 Å². The van der Waals surface area contributed by atoms with E-state index in [0.29, 0.717) is 41.6 Å². The fraction of sp³-hybridized carbons (Fsp3) is 0.385. The van der Waals surface area contributed by atoms with E-state index in [1.807, 2.05) is 18.5 Å². The number of ether oxygens (including phenoxy) is 1. The largest absolute Gasteiger partial charge is 0.624 e. The standard InChI is InChI=1S/C26H30FN5O2/c1-3-19-14-29-26(30-15-19)31-11-9-20(10-12-31)18-34-22-6-8-25(28-16-22)23-7-5-21(13-24(23)27)17-32(33)4-2/h5-8,13-17,20H,3-4,9-12,18H2,1-2H3/b32-17-. The van der Waals surface area contributed by atoms with Crippen LogP contribution >= 0.6 is 0 Å². The summed E-state index contributed by atoms with van der Waals surface area (Å²) in [6.07, 6.45) is 9.77. The zero-order chi connectivity index (χ0) is 23.9. The Kier molecular flexibility index (Phi) is 7.67. The molecule has 0 bridgehead atoms. The van der Waals surface area contributed by atoms with Crippen LogP contribution in [0.4, 0.5) is 10.3 Å². The summed E-state index contributed by atoms with van der Waals surface area (Å²) in [4.78, 5) is 15.6. The van der Waals surface area contributed by atoms with Gasteiger partial charge in [0.15, 0.2) is 12.8 Å². The lowest BCUT2D eigenvalue weighted by Gasteiger charge is -2.31. The molecule has 34 heavy (non-hydrogen) atoms. The molecule has 1 aliphatic rings. The van der Waals surface area contributed by atoms with E-state index in [2.05, 4.69) is 26.8 Å². The van der Waals surface area contributed by atoms with Gasteiger partial charge in [-0.2, -0.15) is 0 Å². The number of hydrogen-bond acceptors (Lipinski definition) is 6. The van der Waals surface area contributed by atoms with Gasteiger partial charge in [0.1, 0.15) is 11.6 Å². The highest BCUT2D eigenvalue weighted by molar-refractivity contribution is 5.77. The lowest BCUT2D eigenvalue weighted by Crippen LogP contribution is -2.36. The topological polar surface area (TPSA) is 77.2 Å². The Morgan fingerprint density at radius 3 is 2.47 bits per heavy atom. The molecule has 4 rings (SSSR count). The first kappa shape index (κ1) is 23.6. The third kappa shape index (κ3) is 5.87. The fourth-order valence-electron chi connectivity index (χ4n) is 3.91. The van der Waals surface area contributed by atoms with Crippen LogP contribution in [0.5, 0.6) is 5.75 Å². The predicted molar refractivity (Wildman–Crippen MR) is 131 cm³/mol. The van der Waals surface area contributed by atoms with E-state index < -0.39 is 5.82 Å². The van der Waals surface area contributed by atoms with E-state index in [4.69, 9.17) is 4.74 Å². The zero-order valence-electron chi connectivity index (χ0n) is 19.7. The van der Waals surface area contributed by atoms with Crippen molar-refractivity contribution in [2.75, 3.05) is 31.1 Å². The minimum Gasteiger partial charge on any atom is -0.624 e. The molecule has 1 aliphatic heterocycles. The van der Waals surface area contributed by atoms with Crippen LogP contribution in [0.2, 0.25) is 0 Å². The maximum Gasteiger partial charge on any atom is 0.225 e. The van der Waals surface area contributed by atoms with Crippen molar-refractivity contribution in [3.63, 3.8) is 0 Å². The molecule has 0 atom stereocenters. The molecule has 2 aromatic heterocycles. The molecule has 0 saturated carbocycles. The van der Waals surface area contributed by atoms with E-state index in [-0.39, 0.29) is 0 Å². The van der Waals surface area contributed by atoms with E-state index in [1.54, 1.807) is 31.3 Å². The van der Waals surface area contributed by atoms with Gasteiger partial charge in [-0.1, -0.05) is 6.92 Å². The third-order valence-electron chi connectivity index (χ3n) is 6.09. The fourth-order valence-corrected chi connectivity index (χ4v) is 3.91. The minimum absolute atomic E-state index is 0.312. The van der Waals surface area contributed by atoms with E-state index in [9.17, 15) is 9.60 Å². The SMILES string of the molecule is CCc1cnc(N2CCC(COc3ccc(-c4ccc(/C=[N+](\[O-])CC)cc4F)nc3)CC2)nc1. The second-order valence-electron chi connectivity index (χ2n) is 8.47. The highest BCUT2D eigenvalue weighted by Crippen LogP contribution is 2.25. The van der Waals surface area contributed by atoms with Crippen molar-refractivity contribution in [2.24, 2.45) is 5.92 Å². The Labute approximate surface area is 199 Å². The first-order chi connectivity index (χ1) is 16.6. The summed E-state index contributed by atoms with van der Waals surface area (Å²) in [5, 5.41) is 11.5. The number of nitrogens with zero attached hydrogens (tertiary/aromatic N) is 5. The van der Waals surface area contributed by atoms with Crippen molar-refractivity contribution in [3.8, 4) is 17.0 Å². The molecular formula is C26H30FN5O2. The van der Waals surface area contributed by atoms with Crippen LogP contribution in [0, 0.1) is 16.9 Å². The van der Waals surface area contributed by atoms with Crippen molar-refractivity contribution in [1.82, 2.24) is 15.0 Å². The van der Waals surface area contributed by atoms with Crippen LogP contribution in [-0.4, -0.2) is 52.1 Å². The quantitative estimate of drug-likeness (QED) is 0.212. The number of anilines is 1. The minimum atomic E-state index is -0.417. The summed E-state index contributed by atoms with van der Waals surface area (Å²) >= 11 is 0. The molecule has 178 valence electrons. The molecule has 0 amide bonds. The van der Waals surface area contributed by atoms with Gasteiger partial charge in [-0.15, -0.1) is 0 Å². The predicted octanol–water partition coefficient (Wildman–Crippen LogP) is 4.48. The normalized spacial score (nSPS) is 14.9. The highest BCUT2D eigenvalue weighted by atomic mass is 19.1. The monoisotopic (exact) mass is 463 g/mol. The van der Waals surface area contributed by atoms with Gasteiger partial charge >= 0.3 is 0 Å². The second-order valence-corrected chi connectivity index (χ2v) is 8.47. The number of pyridine rings is 1. The Hall–Kier alpha value is -3.55. The van der Waals surface area contributed by atoms with Gasteiger partial charge in [0.05, 0.1) is 18.5 Å². The summed E-state index contributed by atoms with van der Waals surface area (Å²) < 4.78 is 21.3. The smallest absolute Gasteiger partial charge is 0.225 e. The summed E-state index contributed by atoms with van der Waals surface area (Å²) in [5.74, 6) is 1.50. The number of hydrogen-bond donors (Lipinski definition) is 0. The van der Waals surface area contributed by atoms with E-state index in [0.717, 1.165) is 48.6 Å². The molecule has 7 nitrogen and oxygen atoms in total. The lowest BCUT2D eigenvalue weighted by atomic mass is 9.98. The maximum absolute atomic E-state index is 14.5. The second kappa shape index (κ2) is 11.0. The molecular weight excluding hydrogens is 433 g/mol. The number of aryl methyl sites for hydroxylation is 1. The Morgan fingerprint density at radius 2 is 1.85 bits per heavy atom. The molecule has 1 saturated heterocycles. The average molecular weight is 464 g/mol. The Morgan fingerprint density at radius 1 is 1.09 bits per heavy atom. The lowest BCUT2D eigenvalue weighted by molar-refractivity contribution is -0.447. The average Bonchev–Trinajstić information content (AvgIpc) is 2.88. The first-order valence-electron chi connectivity index (χ1n) is 11.8. The van der Waals surface area contributed by atoms with E-state index >= 15 is 0 Å². The van der Waals surface area contributed by atoms with Crippen LogP contribution in [-0.2, 0) is 6.42 Å². The molecule has 3 heterocycles. The van der Waals surface area contributed by atoms with Crippen molar-refractivity contribution in [3.05, 3.63) is 71.1 Å². The molecule has 0 radical (unpaired) electrons. The zero-order valence-corrected chi connectivity index (χ0v) is 19.7. The first-order valence-corrected chi connectivity index (χ1v) is 11.8. The molecule has 0 N–H and O–H groups in total. The van der Waals surface area contributed by atoms with Crippen LogP contribution < -0.4 is 9.64 Å². The molecule has 0 spiro atoms. The van der Waals surface area contributed by atoms with Gasteiger partial charge < -0.3 is 14.8 Å². The van der Waals surface area contributed by atoms with Crippen molar-refractivity contribution < 1.29 is 13.9 Å². The van der Waals surface area contributed by atoms with Crippen molar-refractivity contribution in [1.29, 1.82) is 0 Å². The maximum atomic E-state index is 14.5. The summed E-state index contributed by atoms with van der Waals surface area (Å²) in [5.41, 5.74) is 2.58. The van der Waals surface area contributed by atoms with Gasteiger partial charge in [0.25, 0.3) is 0 Å². The summed E-state index contributed by atoms with van der Waals surface area (Å²) in [6, 6.07) is 8.26. The number of halogens is 1. The van der Waals surface area contributed by atoms with Crippen LogP contribution in [0.3, 0.4) is 0 Å². The van der Waals surface area contributed by atoms with Crippen molar-refractivity contribution >= 4 is 12.2 Å². The van der Waals surface area contributed by atoms with Crippen molar-refractivity contribution in [2.45, 2.75) is 33.1 Å². The molecule has 1 fully saturated rings. The molecule has 1 aromatic carbocycles. The number of rotatable bonds is 8.